The zero-order chi connectivity index (χ0) is 13.9. The molecule has 3 heteroatoms. The minimum atomic E-state index is 0.810. The van der Waals surface area contributed by atoms with Crippen molar-refractivity contribution in [2.24, 2.45) is 4.99 Å². The maximum Gasteiger partial charge on any atom is 0.0823 e. The molecule has 1 atom stereocenters. The molecular formula is C17H31N3. The van der Waals surface area contributed by atoms with Crippen LogP contribution in [0.2, 0.25) is 0 Å². The minimum Gasteiger partial charge on any atom is -0.376 e. The van der Waals surface area contributed by atoms with Gasteiger partial charge in [-0.1, -0.05) is 18.6 Å². The van der Waals surface area contributed by atoms with Gasteiger partial charge in [-0.2, -0.15) is 0 Å². The van der Waals surface area contributed by atoms with Crippen molar-refractivity contribution in [3.63, 3.8) is 0 Å². The van der Waals surface area contributed by atoms with Crippen LogP contribution in [0.1, 0.15) is 57.8 Å². The molecule has 1 aliphatic heterocycles. The smallest absolute Gasteiger partial charge is 0.0823 e. The molecule has 0 bridgehead atoms. The molecule has 0 fully saturated rings. The minimum absolute atomic E-state index is 0.810. The zero-order valence-corrected chi connectivity index (χ0v) is 12.9. The largest absolute Gasteiger partial charge is 0.376 e. The Morgan fingerprint density at radius 1 is 0.900 bits per heavy atom. The van der Waals surface area contributed by atoms with Crippen molar-refractivity contribution in [1.82, 2.24) is 10.2 Å². The number of nitrogens with one attached hydrogen (secondary N) is 1. The SMILES string of the molecule is C1=C\CCCC(N2CCC/N=C\NCCC2)CCCC/1. The van der Waals surface area contributed by atoms with Gasteiger partial charge < -0.3 is 10.2 Å². The quantitative estimate of drug-likeness (QED) is 0.744. The van der Waals surface area contributed by atoms with Gasteiger partial charge in [0.05, 0.1) is 6.34 Å². The van der Waals surface area contributed by atoms with Crippen LogP contribution >= 0.6 is 0 Å². The number of aliphatic imine (C=N–C) groups is 1. The van der Waals surface area contributed by atoms with Crippen molar-refractivity contribution in [1.29, 1.82) is 0 Å². The predicted octanol–water partition coefficient (Wildman–Crippen LogP) is 3.37. The molecule has 0 radical (unpaired) electrons. The second-order valence-corrected chi connectivity index (χ2v) is 6.07. The van der Waals surface area contributed by atoms with Crippen LogP contribution in [0.25, 0.3) is 0 Å². The van der Waals surface area contributed by atoms with E-state index in [1.165, 1.54) is 70.9 Å². The standard InChI is InChI=1S/C17H31N3/c1-2-4-6-10-17(11-7-5-3-1)20-14-8-12-18-16-19-13-9-15-20/h1-2,16-17H,3-15H2,(H,18,19)/b2-1-. The number of allylic oxidation sites excluding steroid dienone is 2. The van der Waals surface area contributed by atoms with Gasteiger partial charge in [-0.05, 0) is 51.4 Å². The third-order valence-corrected chi connectivity index (χ3v) is 4.43. The fourth-order valence-corrected chi connectivity index (χ4v) is 3.28. The van der Waals surface area contributed by atoms with Gasteiger partial charge in [0.1, 0.15) is 0 Å². The summed E-state index contributed by atoms with van der Waals surface area (Å²) in [5.74, 6) is 0. The van der Waals surface area contributed by atoms with E-state index in [2.05, 4.69) is 27.4 Å². The average molecular weight is 277 g/mol. The number of nitrogens with zero attached hydrogens (tertiary/aromatic N) is 2. The molecule has 1 N–H and O–H groups in total. The lowest BCUT2D eigenvalue weighted by Crippen LogP contribution is -2.38. The van der Waals surface area contributed by atoms with Crippen molar-refractivity contribution >= 4 is 6.34 Å². The molecule has 1 heterocycles. The number of hydrogen-bond donors (Lipinski definition) is 1. The normalized spacial score (nSPS) is 30.9. The van der Waals surface area contributed by atoms with E-state index in [-0.39, 0.29) is 0 Å². The van der Waals surface area contributed by atoms with Gasteiger partial charge in [-0.25, -0.2) is 0 Å². The van der Waals surface area contributed by atoms with E-state index in [1.807, 2.05) is 6.34 Å². The lowest BCUT2D eigenvalue weighted by molar-refractivity contribution is 0.168. The van der Waals surface area contributed by atoms with Crippen LogP contribution in [-0.2, 0) is 0 Å². The van der Waals surface area contributed by atoms with Crippen LogP contribution in [0.4, 0.5) is 0 Å². The Kier molecular flexibility index (Phi) is 7.76. The topological polar surface area (TPSA) is 27.6 Å². The molecule has 114 valence electrons. The van der Waals surface area contributed by atoms with Gasteiger partial charge >= 0.3 is 0 Å². The monoisotopic (exact) mass is 277 g/mol. The molecule has 0 aromatic rings. The van der Waals surface area contributed by atoms with Gasteiger partial charge in [0.25, 0.3) is 0 Å². The van der Waals surface area contributed by atoms with Crippen LogP contribution in [0, 0.1) is 0 Å². The molecule has 20 heavy (non-hydrogen) atoms. The second-order valence-electron chi connectivity index (χ2n) is 6.07. The van der Waals surface area contributed by atoms with Crippen LogP contribution in [0.5, 0.6) is 0 Å². The number of rotatable bonds is 1. The van der Waals surface area contributed by atoms with E-state index in [4.69, 9.17) is 0 Å². The third kappa shape index (κ3) is 6.08. The first-order chi connectivity index (χ1) is 9.97. The summed E-state index contributed by atoms with van der Waals surface area (Å²) >= 11 is 0. The highest BCUT2D eigenvalue weighted by Gasteiger charge is 2.17. The van der Waals surface area contributed by atoms with Crippen molar-refractivity contribution in [3.05, 3.63) is 12.2 Å². The Balaban J connectivity index is 1.86. The van der Waals surface area contributed by atoms with Crippen molar-refractivity contribution in [3.8, 4) is 0 Å². The van der Waals surface area contributed by atoms with Crippen molar-refractivity contribution in [2.45, 2.75) is 63.8 Å². The Hall–Kier alpha value is -0.830. The highest BCUT2D eigenvalue weighted by Crippen LogP contribution is 2.19. The summed E-state index contributed by atoms with van der Waals surface area (Å²) < 4.78 is 0. The van der Waals surface area contributed by atoms with E-state index in [9.17, 15) is 0 Å². The average Bonchev–Trinajstić information content (AvgIpc) is 2.50. The lowest BCUT2D eigenvalue weighted by Gasteiger charge is -2.32. The van der Waals surface area contributed by atoms with Crippen molar-refractivity contribution in [2.75, 3.05) is 26.2 Å². The van der Waals surface area contributed by atoms with E-state index >= 15 is 0 Å². The molecule has 2 aliphatic rings. The Morgan fingerprint density at radius 3 is 2.65 bits per heavy atom. The number of hydrogen-bond acceptors (Lipinski definition) is 3. The molecule has 2 rings (SSSR count). The third-order valence-electron chi connectivity index (χ3n) is 4.43. The van der Waals surface area contributed by atoms with Crippen molar-refractivity contribution < 1.29 is 0 Å². The Bertz CT molecular complexity index is 269. The zero-order valence-electron chi connectivity index (χ0n) is 12.9. The molecule has 0 aromatic heterocycles. The van der Waals surface area contributed by atoms with Crippen LogP contribution in [0.3, 0.4) is 0 Å². The summed E-state index contributed by atoms with van der Waals surface area (Å²) in [7, 11) is 0. The molecule has 0 saturated carbocycles. The fraction of sp³-hybridized carbons (Fsp3) is 0.824. The van der Waals surface area contributed by atoms with Crippen LogP contribution in [0.15, 0.2) is 17.1 Å². The van der Waals surface area contributed by atoms with Gasteiger partial charge in [-0.15, -0.1) is 0 Å². The van der Waals surface area contributed by atoms with E-state index in [0.29, 0.717) is 0 Å². The summed E-state index contributed by atoms with van der Waals surface area (Å²) in [4.78, 5) is 7.16. The fourth-order valence-electron chi connectivity index (χ4n) is 3.28. The van der Waals surface area contributed by atoms with Gasteiger partial charge in [0, 0.05) is 32.2 Å². The first-order valence-electron chi connectivity index (χ1n) is 8.57. The van der Waals surface area contributed by atoms with Gasteiger partial charge in [-0.3, -0.25) is 4.99 Å². The molecule has 0 spiro atoms. The summed E-state index contributed by atoms with van der Waals surface area (Å²) in [5, 5.41) is 3.29. The first kappa shape index (κ1) is 15.6. The predicted molar refractivity (Wildman–Crippen MR) is 87.4 cm³/mol. The summed E-state index contributed by atoms with van der Waals surface area (Å²) in [6.07, 6.45) is 18.6. The summed E-state index contributed by atoms with van der Waals surface area (Å²) in [5.41, 5.74) is 0. The first-order valence-corrected chi connectivity index (χ1v) is 8.57. The molecular weight excluding hydrogens is 246 g/mol. The van der Waals surface area contributed by atoms with Crippen LogP contribution in [-0.4, -0.2) is 43.5 Å². The Labute approximate surface area is 124 Å². The maximum absolute atomic E-state index is 4.40. The maximum atomic E-state index is 4.40. The molecule has 0 amide bonds. The molecule has 1 unspecified atom stereocenters. The van der Waals surface area contributed by atoms with E-state index < -0.39 is 0 Å². The molecule has 0 saturated heterocycles. The molecule has 0 aromatic carbocycles. The van der Waals surface area contributed by atoms with E-state index in [0.717, 1.165) is 19.1 Å². The Morgan fingerprint density at radius 2 is 1.70 bits per heavy atom. The highest BCUT2D eigenvalue weighted by atomic mass is 15.2. The van der Waals surface area contributed by atoms with Gasteiger partial charge in [0.2, 0.25) is 0 Å². The lowest BCUT2D eigenvalue weighted by atomic mass is 9.98. The van der Waals surface area contributed by atoms with Crippen LogP contribution < -0.4 is 5.32 Å². The second kappa shape index (κ2) is 9.98. The van der Waals surface area contributed by atoms with E-state index in [1.54, 1.807) is 0 Å². The van der Waals surface area contributed by atoms with Gasteiger partial charge in [0.15, 0.2) is 0 Å². The highest BCUT2D eigenvalue weighted by molar-refractivity contribution is 5.53. The molecule has 3 nitrogen and oxygen atoms in total. The summed E-state index contributed by atoms with van der Waals surface area (Å²) in [6, 6.07) is 0.810. The molecule has 1 aliphatic carbocycles. The summed E-state index contributed by atoms with van der Waals surface area (Å²) in [6.45, 7) is 4.52.